The molecule has 80 valence electrons. The van der Waals surface area contributed by atoms with Crippen LogP contribution < -0.4 is 0 Å². The van der Waals surface area contributed by atoms with E-state index in [1.807, 2.05) is 18.7 Å². The first-order valence-corrected chi connectivity index (χ1v) is 4.97. The number of fused-ring (bicyclic) bond motifs is 1. The first-order chi connectivity index (χ1) is 7.00. The number of aliphatic hydroxyl groups excluding tert-OH is 1. The number of likely N-dealkylation sites (tertiary alicyclic amines) is 1. The second-order valence-corrected chi connectivity index (χ2v) is 4.12. The van der Waals surface area contributed by atoms with Crippen LogP contribution in [0.3, 0.4) is 0 Å². The van der Waals surface area contributed by atoms with Crippen molar-refractivity contribution in [2.24, 2.45) is 0 Å². The molecule has 1 aliphatic carbocycles. The molecule has 0 aromatic heterocycles. The highest BCUT2D eigenvalue weighted by Crippen LogP contribution is 2.31. The smallest absolute Gasteiger partial charge is 0.227 e. The highest BCUT2D eigenvalue weighted by molar-refractivity contribution is 6.46. The summed E-state index contributed by atoms with van der Waals surface area (Å²) in [7, 11) is 0. The summed E-state index contributed by atoms with van der Waals surface area (Å²) in [6, 6.07) is 0.206. The van der Waals surface area contributed by atoms with E-state index in [2.05, 4.69) is 0 Å². The van der Waals surface area contributed by atoms with Crippen molar-refractivity contribution in [3.05, 3.63) is 23.4 Å². The Kier molecular flexibility index (Phi) is 2.23. The van der Waals surface area contributed by atoms with Gasteiger partial charge in [0, 0.05) is 29.9 Å². The predicted octanol–water partition coefficient (Wildman–Crippen LogP) is 0.0334. The molecule has 4 nitrogen and oxygen atoms in total. The third-order valence-electron chi connectivity index (χ3n) is 2.75. The number of nitrogens with zero attached hydrogens (tertiary/aromatic N) is 1. The molecule has 0 bridgehead atoms. The van der Waals surface area contributed by atoms with Crippen molar-refractivity contribution in [2.75, 3.05) is 6.54 Å². The molecule has 2 aliphatic rings. The van der Waals surface area contributed by atoms with E-state index in [-0.39, 0.29) is 6.04 Å². The normalized spacial score (nSPS) is 25.6. The molecule has 0 aromatic rings. The lowest BCUT2D eigenvalue weighted by Gasteiger charge is -2.24. The van der Waals surface area contributed by atoms with Gasteiger partial charge in [-0.2, -0.15) is 0 Å². The van der Waals surface area contributed by atoms with Gasteiger partial charge in [0.05, 0.1) is 6.10 Å². The number of aliphatic hydroxyl groups is 1. The van der Waals surface area contributed by atoms with Crippen LogP contribution in [0.2, 0.25) is 0 Å². The van der Waals surface area contributed by atoms with Gasteiger partial charge in [0.2, 0.25) is 11.6 Å². The number of carbonyl (C=O) groups excluding carboxylic acids is 2. The monoisotopic (exact) mass is 207 g/mol. The summed E-state index contributed by atoms with van der Waals surface area (Å²) in [5, 5.41) is 9.73. The minimum atomic E-state index is -0.657. The Bertz CT molecular complexity index is 393. The minimum absolute atomic E-state index is 0.206. The van der Waals surface area contributed by atoms with E-state index in [1.165, 1.54) is 12.2 Å². The van der Waals surface area contributed by atoms with E-state index < -0.39 is 17.7 Å². The summed E-state index contributed by atoms with van der Waals surface area (Å²) in [4.78, 5) is 24.3. The fourth-order valence-electron chi connectivity index (χ4n) is 1.95. The van der Waals surface area contributed by atoms with Gasteiger partial charge >= 0.3 is 0 Å². The van der Waals surface area contributed by atoms with Crippen LogP contribution in [-0.2, 0) is 9.59 Å². The molecule has 1 aliphatic heterocycles. The Balaban J connectivity index is 2.42. The zero-order valence-corrected chi connectivity index (χ0v) is 8.73. The van der Waals surface area contributed by atoms with Crippen LogP contribution in [0.25, 0.3) is 0 Å². The van der Waals surface area contributed by atoms with E-state index in [9.17, 15) is 14.7 Å². The van der Waals surface area contributed by atoms with Gasteiger partial charge in [0.1, 0.15) is 0 Å². The van der Waals surface area contributed by atoms with E-state index in [1.54, 1.807) is 0 Å². The SMILES string of the molecule is CC(C)N1C[C@H](O)C2=CC(=O)C(=O)C=C21. The topological polar surface area (TPSA) is 57.6 Å². The number of β-amino-alcohol motifs (C(OH)–C–C–N with tert-alkyl or cyclic N) is 1. The van der Waals surface area contributed by atoms with E-state index in [0.717, 1.165) is 0 Å². The molecule has 2 rings (SSSR count). The van der Waals surface area contributed by atoms with Crippen LogP contribution in [0, 0.1) is 0 Å². The third-order valence-corrected chi connectivity index (χ3v) is 2.75. The van der Waals surface area contributed by atoms with Crippen molar-refractivity contribution in [3.63, 3.8) is 0 Å². The van der Waals surface area contributed by atoms with Gasteiger partial charge in [-0.25, -0.2) is 0 Å². The molecular formula is C11H13NO3. The van der Waals surface area contributed by atoms with E-state index in [4.69, 9.17) is 0 Å². The Hall–Kier alpha value is -1.42. The Morgan fingerprint density at radius 1 is 1.33 bits per heavy atom. The molecule has 0 spiro atoms. The van der Waals surface area contributed by atoms with Crippen molar-refractivity contribution < 1.29 is 14.7 Å². The van der Waals surface area contributed by atoms with Crippen LogP contribution in [0.15, 0.2) is 23.4 Å². The van der Waals surface area contributed by atoms with Gasteiger partial charge in [0.25, 0.3) is 0 Å². The average Bonchev–Trinajstić information content (AvgIpc) is 2.45. The van der Waals surface area contributed by atoms with Crippen molar-refractivity contribution >= 4 is 11.6 Å². The summed E-state index contributed by atoms with van der Waals surface area (Å²) in [5.74, 6) is -1.05. The summed E-state index contributed by atoms with van der Waals surface area (Å²) >= 11 is 0. The second kappa shape index (κ2) is 3.31. The maximum Gasteiger partial charge on any atom is 0.227 e. The molecule has 1 fully saturated rings. The molecule has 4 heteroatoms. The average molecular weight is 207 g/mol. The maximum absolute atomic E-state index is 11.2. The second-order valence-electron chi connectivity index (χ2n) is 4.12. The third kappa shape index (κ3) is 1.51. The number of rotatable bonds is 1. The molecule has 1 heterocycles. The number of hydrogen-bond acceptors (Lipinski definition) is 4. The molecular weight excluding hydrogens is 194 g/mol. The van der Waals surface area contributed by atoms with Crippen molar-refractivity contribution in [1.29, 1.82) is 0 Å². The van der Waals surface area contributed by atoms with Crippen LogP contribution in [0.5, 0.6) is 0 Å². The fourth-order valence-corrected chi connectivity index (χ4v) is 1.95. The number of hydrogen-bond donors (Lipinski definition) is 1. The quantitative estimate of drug-likeness (QED) is 0.487. The fraction of sp³-hybridized carbons (Fsp3) is 0.455. The van der Waals surface area contributed by atoms with Crippen LogP contribution in [0.1, 0.15) is 13.8 Å². The summed E-state index contributed by atoms with van der Waals surface area (Å²) in [6.45, 7) is 4.42. The molecule has 1 N–H and O–H groups in total. The van der Waals surface area contributed by atoms with Gasteiger partial charge in [-0.3, -0.25) is 9.59 Å². The van der Waals surface area contributed by atoms with E-state index >= 15 is 0 Å². The first kappa shape index (κ1) is 10.1. The molecule has 0 unspecified atom stereocenters. The molecule has 15 heavy (non-hydrogen) atoms. The molecule has 0 radical (unpaired) electrons. The lowest BCUT2D eigenvalue weighted by atomic mass is 10.0. The van der Waals surface area contributed by atoms with Gasteiger partial charge in [-0.15, -0.1) is 0 Å². The highest BCUT2D eigenvalue weighted by Gasteiger charge is 2.35. The van der Waals surface area contributed by atoms with Crippen molar-refractivity contribution in [3.8, 4) is 0 Å². The summed E-state index contributed by atoms with van der Waals surface area (Å²) in [6.07, 6.45) is 1.93. The maximum atomic E-state index is 11.2. The number of ketones is 2. The number of allylic oxidation sites excluding steroid dienone is 2. The van der Waals surface area contributed by atoms with Crippen molar-refractivity contribution in [2.45, 2.75) is 26.0 Å². The molecule has 0 aromatic carbocycles. The zero-order valence-electron chi connectivity index (χ0n) is 8.73. The largest absolute Gasteiger partial charge is 0.386 e. The molecule has 0 saturated carbocycles. The lowest BCUT2D eigenvalue weighted by molar-refractivity contribution is -0.131. The van der Waals surface area contributed by atoms with Gasteiger partial charge in [-0.1, -0.05) is 0 Å². The highest BCUT2D eigenvalue weighted by atomic mass is 16.3. The Morgan fingerprint density at radius 2 is 1.93 bits per heavy atom. The molecule has 1 atom stereocenters. The van der Waals surface area contributed by atoms with Crippen LogP contribution in [0.4, 0.5) is 0 Å². The first-order valence-electron chi connectivity index (χ1n) is 4.97. The minimum Gasteiger partial charge on any atom is -0.386 e. The van der Waals surface area contributed by atoms with Crippen LogP contribution in [-0.4, -0.2) is 40.3 Å². The molecule has 1 saturated heterocycles. The zero-order chi connectivity index (χ0) is 11.2. The summed E-state index contributed by atoms with van der Waals surface area (Å²) < 4.78 is 0. The predicted molar refractivity (Wildman–Crippen MR) is 54.0 cm³/mol. The molecule has 0 amide bonds. The Morgan fingerprint density at radius 3 is 2.53 bits per heavy atom. The Labute approximate surface area is 87.9 Å². The number of carbonyl (C=O) groups is 2. The van der Waals surface area contributed by atoms with Gasteiger partial charge in [-0.05, 0) is 19.9 Å². The van der Waals surface area contributed by atoms with Gasteiger partial charge in [0.15, 0.2) is 0 Å². The van der Waals surface area contributed by atoms with Gasteiger partial charge < -0.3 is 10.0 Å². The lowest BCUT2D eigenvalue weighted by Crippen LogP contribution is -2.29. The van der Waals surface area contributed by atoms with E-state index in [0.29, 0.717) is 17.8 Å². The standard InChI is InChI=1S/C11H13NO3/c1-6(2)12-5-11(15)7-3-9(13)10(14)4-8(7)12/h3-4,6,11,15H,5H2,1-2H3/t11-/m0/s1. The van der Waals surface area contributed by atoms with Crippen molar-refractivity contribution in [1.82, 2.24) is 4.90 Å². The summed E-state index contributed by atoms with van der Waals surface area (Å²) in [5.41, 5.74) is 1.27. The van der Waals surface area contributed by atoms with Crippen LogP contribution >= 0.6 is 0 Å².